The minimum Gasteiger partial charge on any atom is -0.269 e. The summed E-state index contributed by atoms with van der Waals surface area (Å²) in [5.74, 6) is -0.563. The van der Waals surface area contributed by atoms with Crippen LogP contribution in [-0.2, 0) is 22.4 Å². The number of carbonyl (C=O) groups excluding carboxylic acids is 2. The summed E-state index contributed by atoms with van der Waals surface area (Å²) in [6, 6.07) is 0. The third-order valence-corrected chi connectivity index (χ3v) is 3.98. The van der Waals surface area contributed by atoms with E-state index < -0.39 is 0 Å². The van der Waals surface area contributed by atoms with Gasteiger partial charge in [0.1, 0.15) is 0 Å². The van der Waals surface area contributed by atoms with Gasteiger partial charge < -0.3 is 0 Å². The Labute approximate surface area is 96.6 Å². The molecular weight excluding hydrogens is 224 g/mol. The summed E-state index contributed by atoms with van der Waals surface area (Å²) >= 11 is 1.47. The average Bonchev–Trinajstić information content (AvgIpc) is 2.82. The van der Waals surface area contributed by atoms with Crippen molar-refractivity contribution in [2.24, 2.45) is 0 Å². The van der Waals surface area contributed by atoms with E-state index >= 15 is 0 Å². The van der Waals surface area contributed by atoms with Crippen molar-refractivity contribution >= 4 is 28.3 Å². The fraction of sp³-hybridized carbons (Fsp3) is 0.364. The Hall–Kier alpha value is -1.49. The molecule has 0 saturated heterocycles. The average molecular weight is 234 g/mol. The summed E-state index contributed by atoms with van der Waals surface area (Å²) < 4.78 is 0. The van der Waals surface area contributed by atoms with Gasteiger partial charge in [-0.25, -0.2) is 9.88 Å². The highest BCUT2D eigenvalue weighted by Gasteiger charge is 2.29. The first-order valence-corrected chi connectivity index (χ1v) is 6.12. The summed E-state index contributed by atoms with van der Waals surface area (Å²) in [7, 11) is 0. The Kier molecular flexibility index (Phi) is 2.14. The van der Waals surface area contributed by atoms with Crippen LogP contribution in [0, 0.1) is 0 Å². The molecule has 0 N–H and O–H groups in total. The van der Waals surface area contributed by atoms with E-state index in [0.29, 0.717) is 5.13 Å². The van der Waals surface area contributed by atoms with Gasteiger partial charge in [-0.05, 0) is 25.7 Å². The van der Waals surface area contributed by atoms with Crippen molar-refractivity contribution in [1.82, 2.24) is 4.98 Å². The minimum absolute atomic E-state index is 0.281. The number of anilines is 1. The first-order valence-electron chi connectivity index (χ1n) is 5.30. The van der Waals surface area contributed by atoms with Crippen molar-refractivity contribution in [3.63, 3.8) is 0 Å². The zero-order chi connectivity index (χ0) is 11.1. The fourth-order valence-electron chi connectivity index (χ4n) is 2.02. The smallest absolute Gasteiger partial charge is 0.260 e. The van der Waals surface area contributed by atoms with Crippen LogP contribution in [-0.4, -0.2) is 16.8 Å². The summed E-state index contributed by atoms with van der Waals surface area (Å²) in [6.45, 7) is 0. The van der Waals surface area contributed by atoms with Gasteiger partial charge in [-0.3, -0.25) is 9.59 Å². The molecule has 0 spiro atoms. The number of imide groups is 1. The summed E-state index contributed by atoms with van der Waals surface area (Å²) in [6.07, 6.45) is 6.91. The molecule has 2 heterocycles. The third-order valence-electron chi connectivity index (χ3n) is 2.83. The Morgan fingerprint density at radius 1 is 1.12 bits per heavy atom. The lowest BCUT2D eigenvalue weighted by Crippen LogP contribution is -2.29. The molecule has 2 amide bonds. The van der Waals surface area contributed by atoms with Gasteiger partial charge in [-0.1, -0.05) is 0 Å². The largest absolute Gasteiger partial charge is 0.269 e. The van der Waals surface area contributed by atoms with E-state index in [9.17, 15) is 9.59 Å². The molecule has 0 atom stereocenters. The lowest BCUT2D eigenvalue weighted by molar-refractivity contribution is -0.119. The second-order valence-corrected chi connectivity index (χ2v) is 4.98. The quantitative estimate of drug-likeness (QED) is 0.691. The number of nitrogens with zero attached hydrogens (tertiary/aromatic N) is 2. The summed E-state index contributed by atoms with van der Waals surface area (Å²) in [5.41, 5.74) is 1.07. The number of thiazole rings is 1. The topological polar surface area (TPSA) is 50.3 Å². The van der Waals surface area contributed by atoms with E-state index in [-0.39, 0.29) is 11.8 Å². The molecule has 1 aliphatic carbocycles. The molecule has 0 unspecified atom stereocenters. The molecule has 0 bridgehead atoms. The number of aryl methyl sites for hydroxylation is 2. The van der Waals surface area contributed by atoms with E-state index in [1.165, 1.54) is 34.8 Å². The molecule has 0 aromatic carbocycles. The predicted molar refractivity (Wildman–Crippen MR) is 60.4 cm³/mol. The Morgan fingerprint density at radius 3 is 2.50 bits per heavy atom. The number of hydrogen-bond acceptors (Lipinski definition) is 4. The van der Waals surface area contributed by atoms with Crippen LogP contribution in [0.3, 0.4) is 0 Å². The van der Waals surface area contributed by atoms with Crippen LogP contribution < -0.4 is 4.90 Å². The molecule has 1 aliphatic heterocycles. The van der Waals surface area contributed by atoms with Gasteiger partial charge in [0.2, 0.25) is 0 Å². The standard InChI is InChI=1S/C11H10N2O2S/c14-9-5-6-10(15)13(9)11-12-7-3-1-2-4-8(7)16-11/h5-6H,1-4H2. The molecule has 0 fully saturated rings. The van der Waals surface area contributed by atoms with E-state index in [4.69, 9.17) is 0 Å². The zero-order valence-corrected chi connectivity index (χ0v) is 9.42. The molecule has 3 rings (SSSR count). The van der Waals surface area contributed by atoms with Gasteiger partial charge in [0.05, 0.1) is 5.69 Å². The number of fused-ring (bicyclic) bond motifs is 1. The number of rotatable bonds is 1. The number of amides is 2. The molecule has 0 radical (unpaired) electrons. The fourth-order valence-corrected chi connectivity index (χ4v) is 3.18. The molecular formula is C11H10N2O2S. The second kappa shape index (κ2) is 3.52. The summed E-state index contributed by atoms with van der Waals surface area (Å²) in [4.78, 5) is 29.7. The molecule has 82 valence electrons. The van der Waals surface area contributed by atoms with Crippen LogP contribution in [0.4, 0.5) is 5.13 Å². The maximum Gasteiger partial charge on any atom is 0.260 e. The first-order chi connectivity index (χ1) is 7.75. The third kappa shape index (κ3) is 1.39. The lowest BCUT2D eigenvalue weighted by atomic mass is 10.0. The molecule has 0 saturated carbocycles. The molecule has 4 nitrogen and oxygen atoms in total. The highest BCUT2D eigenvalue weighted by molar-refractivity contribution is 7.16. The van der Waals surface area contributed by atoms with Crippen molar-refractivity contribution in [1.29, 1.82) is 0 Å². The van der Waals surface area contributed by atoms with Crippen LogP contribution in [0.25, 0.3) is 0 Å². The number of aromatic nitrogens is 1. The molecule has 1 aromatic rings. The maximum absolute atomic E-state index is 11.5. The SMILES string of the molecule is O=C1C=CC(=O)N1c1nc2c(s1)CCCC2. The predicted octanol–water partition coefficient (Wildman–Crippen LogP) is 1.45. The lowest BCUT2D eigenvalue weighted by Gasteiger charge is -2.08. The van der Waals surface area contributed by atoms with Crippen molar-refractivity contribution < 1.29 is 9.59 Å². The van der Waals surface area contributed by atoms with Crippen LogP contribution >= 0.6 is 11.3 Å². The van der Waals surface area contributed by atoms with Gasteiger partial charge in [-0.2, -0.15) is 0 Å². The van der Waals surface area contributed by atoms with Gasteiger partial charge in [0, 0.05) is 17.0 Å². The van der Waals surface area contributed by atoms with Crippen molar-refractivity contribution in [3.8, 4) is 0 Å². The highest BCUT2D eigenvalue weighted by atomic mass is 32.1. The van der Waals surface area contributed by atoms with Crippen LogP contribution in [0.15, 0.2) is 12.2 Å². The van der Waals surface area contributed by atoms with Crippen LogP contribution in [0.2, 0.25) is 0 Å². The van der Waals surface area contributed by atoms with E-state index in [1.54, 1.807) is 0 Å². The van der Waals surface area contributed by atoms with Crippen molar-refractivity contribution in [2.45, 2.75) is 25.7 Å². The number of hydrogen-bond donors (Lipinski definition) is 0. The molecule has 2 aliphatic rings. The zero-order valence-electron chi connectivity index (χ0n) is 8.60. The Morgan fingerprint density at radius 2 is 1.81 bits per heavy atom. The Bertz CT molecular complexity index is 463. The summed E-state index contributed by atoms with van der Waals surface area (Å²) in [5, 5.41) is 0.534. The van der Waals surface area contributed by atoms with Crippen LogP contribution in [0.1, 0.15) is 23.4 Å². The van der Waals surface area contributed by atoms with Crippen molar-refractivity contribution in [2.75, 3.05) is 4.90 Å². The second-order valence-electron chi connectivity index (χ2n) is 3.92. The molecule has 5 heteroatoms. The van der Waals surface area contributed by atoms with Gasteiger partial charge in [0.15, 0.2) is 5.13 Å². The maximum atomic E-state index is 11.5. The Balaban J connectivity index is 1.98. The van der Waals surface area contributed by atoms with Crippen LogP contribution in [0.5, 0.6) is 0 Å². The molecule has 16 heavy (non-hydrogen) atoms. The molecule has 1 aromatic heterocycles. The normalized spacial score (nSPS) is 19.4. The van der Waals surface area contributed by atoms with Gasteiger partial charge in [-0.15, -0.1) is 11.3 Å². The van der Waals surface area contributed by atoms with Gasteiger partial charge in [0.25, 0.3) is 11.8 Å². The van der Waals surface area contributed by atoms with E-state index in [2.05, 4.69) is 4.98 Å². The minimum atomic E-state index is -0.281. The highest BCUT2D eigenvalue weighted by Crippen LogP contribution is 2.32. The number of carbonyl (C=O) groups is 2. The first kappa shape index (κ1) is 9.72. The van der Waals surface area contributed by atoms with E-state index in [0.717, 1.165) is 29.9 Å². The van der Waals surface area contributed by atoms with E-state index in [1.807, 2.05) is 0 Å². The monoisotopic (exact) mass is 234 g/mol. The van der Waals surface area contributed by atoms with Gasteiger partial charge >= 0.3 is 0 Å². The van der Waals surface area contributed by atoms with Crippen molar-refractivity contribution in [3.05, 3.63) is 22.7 Å².